The summed E-state index contributed by atoms with van der Waals surface area (Å²) in [4.78, 5) is 15.0. The van der Waals surface area contributed by atoms with Gasteiger partial charge in [-0.05, 0) is 68.5 Å². The van der Waals surface area contributed by atoms with Crippen LogP contribution in [0.1, 0.15) is 38.5 Å². The van der Waals surface area contributed by atoms with E-state index in [4.69, 9.17) is 17.0 Å². The van der Waals surface area contributed by atoms with Gasteiger partial charge in [-0.2, -0.15) is 0 Å². The summed E-state index contributed by atoms with van der Waals surface area (Å²) in [6, 6.07) is 0. The number of carbonyl (C=O) groups excluding carboxylic acids is 1. The van der Waals surface area contributed by atoms with Crippen LogP contribution in [0, 0.1) is 23.2 Å². The van der Waals surface area contributed by atoms with Crippen LogP contribution in [-0.2, 0) is 9.53 Å². The summed E-state index contributed by atoms with van der Waals surface area (Å²) >= 11 is 5.44. The summed E-state index contributed by atoms with van der Waals surface area (Å²) in [6.45, 7) is 2.99. The molecule has 1 aliphatic heterocycles. The van der Waals surface area contributed by atoms with E-state index in [9.17, 15) is 4.79 Å². The van der Waals surface area contributed by atoms with Crippen molar-refractivity contribution in [3.05, 3.63) is 0 Å². The van der Waals surface area contributed by atoms with Crippen LogP contribution in [0.25, 0.3) is 0 Å². The third kappa shape index (κ3) is 2.48. The molecule has 5 fully saturated rings. The fourth-order valence-electron chi connectivity index (χ4n) is 5.46. The lowest BCUT2D eigenvalue weighted by atomic mass is 9.49. The molecule has 0 aromatic heterocycles. The Balaban J connectivity index is 1.43. The highest BCUT2D eigenvalue weighted by atomic mass is 32.1. The molecule has 1 heterocycles. The van der Waals surface area contributed by atoms with Gasteiger partial charge in [-0.25, -0.2) is 0 Å². The largest absolute Gasteiger partial charge is 0.378 e. The Kier molecular flexibility index (Phi) is 3.45. The lowest BCUT2D eigenvalue weighted by Gasteiger charge is -2.55. The zero-order valence-corrected chi connectivity index (χ0v) is 13.3. The average Bonchev–Trinajstić information content (AvgIpc) is 2.46. The number of nitrogens with zero attached hydrogens (tertiary/aromatic N) is 1. The summed E-state index contributed by atoms with van der Waals surface area (Å²) in [5, 5.41) is 3.68. The van der Waals surface area contributed by atoms with Gasteiger partial charge >= 0.3 is 0 Å². The number of nitrogens with one attached hydrogen (secondary N) is 1. The fourth-order valence-corrected chi connectivity index (χ4v) is 5.74. The van der Waals surface area contributed by atoms with E-state index in [0.717, 1.165) is 50.1 Å². The van der Waals surface area contributed by atoms with Crippen LogP contribution in [-0.4, -0.2) is 42.2 Å². The van der Waals surface area contributed by atoms with Gasteiger partial charge in [-0.3, -0.25) is 4.79 Å². The van der Waals surface area contributed by atoms with Crippen LogP contribution in [0.15, 0.2) is 0 Å². The Morgan fingerprint density at radius 3 is 2.10 bits per heavy atom. The van der Waals surface area contributed by atoms with Crippen molar-refractivity contribution in [2.45, 2.75) is 38.5 Å². The normalized spacial score (nSPS) is 41.1. The Hall–Kier alpha value is -0.680. The molecule has 5 rings (SSSR count). The number of carbonyl (C=O) groups is 1. The van der Waals surface area contributed by atoms with Crippen LogP contribution in [0.3, 0.4) is 0 Å². The Bertz CT molecular complexity index is 424. The molecule has 0 radical (unpaired) electrons. The molecule has 116 valence electrons. The quantitative estimate of drug-likeness (QED) is 0.752. The molecule has 0 aromatic carbocycles. The second-order valence-corrected chi connectivity index (χ2v) is 7.94. The molecule has 4 bridgehead atoms. The van der Waals surface area contributed by atoms with Gasteiger partial charge in [0.1, 0.15) is 0 Å². The number of hydrogen-bond donors (Lipinski definition) is 1. The standard InChI is InChI=1S/C16H24N2O2S/c19-14(17-15(21)18-1-3-20-4-2-18)16-8-11-5-12(9-16)7-13(6-11)10-16/h11-13H,1-10H2,(H,17,19,21). The molecule has 0 aromatic rings. The van der Waals surface area contributed by atoms with Gasteiger partial charge in [0.25, 0.3) is 0 Å². The van der Waals surface area contributed by atoms with E-state index in [1.807, 2.05) is 0 Å². The summed E-state index contributed by atoms with van der Waals surface area (Å²) in [5.41, 5.74) is -0.106. The first-order valence-electron chi connectivity index (χ1n) is 8.33. The number of rotatable bonds is 1. The topological polar surface area (TPSA) is 41.6 Å². The highest BCUT2D eigenvalue weighted by Crippen LogP contribution is 2.60. The lowest BCUT2D eigenvalue weighted by molar-refractivity contribution is -0.144. The minimum absolute atomic E-state index is 0.106. The number of amides is 1. The molecule has 5 aliphatic rings. The number of thiocarbonyl (C=S) groups is 1. The first-order chi connectivity index (χ1) is 10.1. The third-order valence-corrected chi connectivity index (χ3v) is 6.40. The van der Waals surface area contributed by atoms with E-state index in [1.54, 1.807) is 0 Å². The molecule has 0 atom stereocenters. The van der Waals surface area contributed by atoms with Gasteiger partial charge in [0.2, 0.25) is 5.91 Å². The molecule has 4 saturated carbocycles. The molecular formula is C16H24N2O2S. The highest BCUT2D eigenvalue weighted by Gasteiger charge is 2.54. The number of ether oxygens (including phenoxy) is 1. The van der Waals surface area contributed by atoms with Crippen molar-refractivity contribution in [1.29, 1.82) is 0 Å². The Morgan fingerprint density at radius 2 is 1.57 bits per heavy atom. The van der Waals surface area contributed by atoms with Crippen molar-refractivity contribution in [1.82, 2.24) is 10.2 Å². The molecule has 1 N–H and O–H groups in total. The van der Waals surface area contributed by atoms with E-state index in [2.05, 4.69) is 10.2 Å². The van der Waals surface area contributed by atoms with Crippen molar-refractivity contribution < 1.29 is 9.53 Å². The summed E-state index contributed by atoms with van der Waals surface area (Å²) in [5.74, 6) is 2.58. The second-order valence-electron chi connectivity index (χ2n) is 7.56. The molecule has 0 spiro atoms. The third-order valence-electron chi connectivity index (χ3n) is 6.04. The molecule has 1 amide bonds. The van der Waals surface area contributed by atoms with E-state index >= 15 is 0 Å². The molecule has 1 saturated heterocycles. The van der Waals surface area contributed by atoms with Crippen molar-refractivity contribution in [2.75, 3.05) is 26.3 Å². The fraction of sp³-hybridized carbons (Fsp3) is 0.875. The van der Waals surface area contributed by atoms with Gasteiger partial charge in [-0.15, -0.1) is 0 Å². The Labute approximate surface area is 131 Å². The first-order valence-corrected chi connectivity index (χ1v) is 8.73. The van der Waals surface area contributed by atoms with Gasteiger partial charge in [0.05, 0.1) is 18.6 Å². The molecule has 4 aliphatic carbocycles. The van der Waals surface area contributed by atoms with E-state index in [1.165, 1.54) is 19.3 Å². The minimum atomic E-state index is -0.106. The molecule has 21 heavy (non-hydrogen) atoms. The van der Waals surface area contributed by atoms with E-state index < -0.39 is 0 Å². The number of hydrogen-bond acceptors (Lipinski definition) is 3. The van der Waals surface area contributed by atoms with Gasteiger partial charge in [0, 0.05) is 13.1 Å². The SMILES string of the molecule is O=C(NC(=S)N1CCOCC1)C12CC3CC(CC(C3)C1)C2. The van der Waals surface area contributed by atoms with Gasteiger partial charge in [-0.1, -0.05) is 0 Å². The predicted octanol–water partition coefficient (Wildman–Crippen LogP) is 1.94. The van der Waals surface area contributed by atoms with E-state index in [0.29, 0.717) is 18.3 Å². The minimum Gasteiger partial charge on any atom is -0.378 e. The Morgan fingerprint density at radius 1 is 1.05 bits per heavy atom. The predicted molar refractivity (Wildman–Crippen MR) is 83.7 cm³/mol. The van der Waals surface area contributed by atoms with E-state index in [-0.39, 0.29) is 11.3 Å². The zero-order chi connectivity index (χ0) is 14.4. The zero-order valence-electron chi connectivity index (χ0n) is 12.5. The van der Waals surface area contributed by atoms with Crippen LogP contribution >= 0.6 is 12.2 Å². The first kappa shape index (κ1) is 13.9. The van der Waals surface area contributed by atoms with Crippen molar-refractivity contribution >= 4 is 23.2 Å². The average molecular weight is 308 g/mol. The molecule has 4 nitrogen and oxygen atoms in total. The molecular weight excluding hydrogens is 284 g/mol. The van der Waals surface area contributed by atoms with Crippen LogP contribution in [0.5, 0.6) is 0 Å². The maximum absolute atomic E-state index is 12.9. The highest BCUT2D eigenvalue weighted by molar-refractivity contribution is 7.80. The van der Waals surface area contributed by atoms with Crippen molar-refractivity contribution in [2.24, 2.45) is 23.2 Å². The second kappa shape index (κ2) is 5.20. The monoisotopic (exact) mass is 308 g/mol. The van der Waals surface area contributed by atoms with Gasteiger partial charge < -0.3 is 15.0 Å². The van der Waals surface area contributed by atoms with Crippen LogP contribution in [0.4, 0.5) is 0 Å². The lowest BCUT2D eigenvalue weighted by Crippen LogP contribution is -2.57. The van der Waals surface area contributed by atoms with Gasteiger partial charge in [0.15, 0.2) is 5.11 Å². The van der Waals surface area contributed by atoms with Crippen molar-refractivity contribution in [3.8, 4) is 0 Å². The molecule has 0 unspecified atom stereocenters. The maximum Gasteiger partial charge on any atom is 0.232 e. The number of morpholine rings is 1. The smallest absolute Gasteiger partial charge is 0.232 e. The summed E-state index contributed by atoms with van der Waals surface area (Å²) in [7, 11) is 0. The van der Waals surface area contributed by atoms with Crippen LogP contribution < -0.4 is 5.32 Å². The summed E-state index contributed by atoms with van der Waals surface area (Å²) in [6.07, 6.45) is 7.37. The molecule has 5 heteroatoms. The van der Waals surface area contributed by atoms with Crippen LogP contribution in [0.2, 0.25) is 0 Å². The maximum atomic E-state index is 12.9. The van der Waals surface area contributed by atoms with Crippen molar-refractivity contribution in [3.63, 3.8) is 0 Å². The summed E-state index contributed by atoms with van der Waals surface area (Å²) < 4.78 is 5.34.